The maximum Gasteiger partial charge on any atom is 0.339 e. The van der Waals surface area contributed by atoms with E-state index in [0.29, 0.717) is 0 Å². The largest absolute Gasteiger partial charge is 0.467 e. The van der Waals surface area contributed by atoms with Gasteiger partial charge in [0.2, 0.25) is 18.3 Å². The second-order valence-corrected chi connectivity index (χ2v) is 13.1. The molecule has 0 aliphatic carbocycles. The highest BCUT2D eigenvalue weighted by Crippen LogP contribution is 2.35. The molecule has 0 spiro atoms. The van der Waals surface area contributed by atoms with Crippen molar-refractivity contribution in [2.75, 3.05) is 7.11 Å². The minimum Gasteiger partial charge on any atom is -0.467 e. The molecule has 1 heterocycles. The zero-order valence-corrected chi connectivity index (χ0v) is 25.2. The monoisotopic (exact) mass is 617 g/mol. The Balaban J connectivity index is 3.72. The zero-order chi connectivity index (χ0) is 30.5. The Morgan fingerprint density at radius 1 is 0.769 bits per heavy atom. The Morgan fingerprint density at radius 3 is 1.67 bits per heavy atom. The summed E-state index contributed by atoms with van der Waals surface area (Å²) < 4.78 is 30.0. The molecule has 0 aromatic heterocycles. The molecule has 0 bridgehead atoms. The molecule has 0 aromatic carbocycles. The van der Waals surface area contributed by atoms with E-state index in [2.05, 4.69) is 0 Å². The zero-order valence-electron chi connectivity index (χ0n) is 22.9. The Bertz CT molecular complexity index is 966. The van der Waals surface area contributed by atoms with Crippen LogP contribution in [-0.4, -0.2) is 77.2 Å². The SMILES string of the molecule is COC(=O)[C@H]1O[C@@H](OC(=N)C(Cl)(Cl)Cl)[C@H](OC(=O)C(C)(C)C)[C@@H](OC(=O)C(C)(C)C)[C@@H]1OC(=O)CCC(C)=O. The number of carbonyl (C=O) groups excluding carboxylic acids is 5. The molecule has 1 aliphatic rings. The van der Waals surface area contributed by atoms with Crippen molar-refractivity contribution in [3.8, 4) is 0 Å². The number of ether oxygens (including phenoxy) is 6. The molecular weight excluding hydrogens is 585 g/mol. The number of nitrogens with one attached hydrogen (secondary N) is 1. The summed E-state index contributed by atoms with van der Waals surface area (Å²) in [4.78, 5) is 62.7. The van der Waals surface area contributed by atoms with Crippen LogP contribution in [0.5, 0.6) is 0 Å². The summed E-state index contributed by atoms with van der Waals surface area (Å²) in [6.07, 6.45) is -9.42. The van der Waals surface area contributed by atoms with Crippen LogP contribution in [0.2, 0.25) is 0 Å². The Morgan fingerprint density at radius 2 is 1.26 bits per heavy atom. The normalized spacial score (nSPS) is 23.7. The van der Waals surface area contributed by atoms with Crippen molar-refractivity contribution in [1.29, 1.82) is 5.41 Å². The lowest BCUT2D eigenvalue weighted by atomic mass is 9.94. The third-order valence-electron chi connectivity index (χ3n) is 5.08. The number of hydrogen-bond acceptors (Lipinski definition) is 12. The third kappa shape index (κ3) is 10.4. The minimum atomic E-state index is -2.39. The van der Waals surface area contributed by atoms with Gasteiger partial charge < -0.3 is 33.2 Å². The highest BCUT2D eigenvalue weighted by Gasteiger charge is 2.57. The summed E-state index contributed by atoms with van der Waals surface area (Å²) in [7, 11) is 1.02. The van der Waals surface area contributed by atoms with E-state index in [9.17, 15) is 24.0 Å². The van der Waals surface area contributed by atoms with E-state index in [1.807, 2.05) is 0 Å². The molecule has 0 radical (unpaired) electrons. The lowest BCUT2D eigenvalue weighted by Gasteiger charge is -2.44. The van der Waals surface area contributed by atoms with Gasteiger partial charge in [-0.3, -0.25) is 19.8 Å². The first-order chi connectivity index (χ1) is 17.6. The number of rotatable bonds is 8. The van der Waals surface area contributed by atoms with Crippen molar-refractivity contribution in [3.05, 3.63) is 0 Å². The van der Waals surface area contributed by atoms with E-state index in [0.717, 1.165) is 7.11 Å². The van der Waals surface area contributed by atoms with E-state index < -0.39 is 75.1 Å². The molecule has 0 amide bonds. The van der Waals surface area contributed by atoms with Gasteiger partial charge in [0, 0.05) is 6.42 Å². The van der Waals surface area contributed by atoms with Crippen molar-refractivity contribution < 1.29 is 52.4 Å². The molecule has 39 heavy (non-hydrogen) atoms. The number of ketones is 1. The second-order valence-electron chi connectivity index (χ2n) is 10.8. The predicted molar refractivity (Wildman–Crippen MR) is 138 cm³/mol. The van der Waals surface area contributed by atoms with Crippen LogP contribution in [0.15, 0.2) is 0 Å². The van der Waals surface area contributed by atoms with E-state index in [-0.39, 0.29) is 18.6 Å². The molecule has 222 valence electrons. The fraction of sp³-hybridized carbons (Fsp3) is 0.750. The number of Topliss-reactive ketones (excluding diaryl/α,β-unsaturated/α-hetero) is 1. The van der Waals surface area contributed by atoms with Crippen molar-refractivity contribution in [1.82, 2.24) is 0 Å². The summed E-state index contributed by atoms with van der Waals surface area (Å²) in [5.41, 5.74) is -2.21. The molecule has 0 unspecified atom stereocenters. The van der Waals surface area contributed by atoms with Crippen LogP contribution in [0.25, 0.3) is 0 Å². The molecule has 12 nitrogen and oxygen atoms in total. The smallest absolute Gasteiger partial charge is 0.339 e. The van der Waals surface area contributed by atoms with Crippen LogP contribution >= 0.6 is 34.8 Å². The van der Waals surface area contributed by atoms with Gasteiger partial charge in [0.15, 0.2) is 18.3 Å². The fourth-order valence-electron chi connectivity index (χ4n) is 2.87. The standard InChI is InChI=1S/C24H34Cl3NO11/c1-11(29)9-10-12(30)35-13-14(37-20(32)22(2,3)4)16(38-21(33)23(5,6)7)18(36-15(13)17(31)34-8)39-19(28)24(25,26)27/h13-16,18,28H,9-10H2,1-8H3/t13-,14-,15-,16+,18-/m0/s1. The summed E-state index contributed by atoms with van der Waals surface area (Å²) in [6, 6.07) is 0. The van der Waals surface area contributed by atoms with Crippen molar-refractivity contribution in [2.45, 2.75) is 95.8 Å². The number of hydrogen-bond donors (Lipinski definition) is 1. The molecule has 5 atom stereocenters. The number of methoxy groups -OCH3 is 1. The average molecular weight is 619 g/mol. The number of esters is 4. The first-order valence-corrected chi connectivity index (χ1v) is 12.9. The van der Waals surface area contributed by atoms with Crippen LogP contribution in [-0.2, 0) is 52.4 Å². The van der Waals surface area contributed by atoms with Crippen LogP contribution in [0.3, 0.4) is 0 Å². The van der Waals surface area contributed by atoms with Crippen LogP contribution in [0.1, 0.15) is 61.3 Å². The molecule has 1 aliphatic heterocycles. The average Bonchev–Trinajstić information content (AvgIpc) is 2.78. The highest BCUT2D eigenvalue weighted by atomic mass is 35.6. The van der Waals surface area contributed by atoms with Gasteiger partial charge in [0.1, 0.15) is 5.78 Å². The summed E-state index contributed by atoms with van der Waals surface area (Å²) in [6.45, 7) is 10.5. The van der Waals surface area contributed by atoms with Gasteiger partial charge in [-0.05, 0) is 48.5 Å². The van der Waals surface area contributed by atoms with Crippen LogP contribution in [0.4, 0.5) is 0 Å². The van der Waals surface area contributed by atoms with E-state index in [4.69, 9.17) is 68.6 Å². The van der Waals surface area contributed by atoms with Gasteiger partial charge in [-0.25, -0.2) is 4.79 Å². The Labute approximate surface area is 241 Å². The fourth-order valence-corrected chi connectivity index (χ4v) is 3.01. The van der Waals surface area contributed by atoms with Gasteiger partial charge in [0.05, 0.1) is 24.4 Å². The topological polar surface area (TPSA) is 165 Å². The Kier molecular flexibility index (Phi) is 12.0. The van der Waals surface area contributed by atoms with Gasteiger partial charge in [-0.2, -0.15) is 0 Å². The quantitative estimate of drug-likeness (QED) is 0.139. The number of carbonyl (C=O) groups is 5. The first kappa shape index (κ1) is 34.9. The van der Waals surface area contributed by atoms with Crippen molar-refractivity contribution in [3.63, 3.8) is 0 Å². The van der Waals surface area contributed by atoms with E-state index in [1.165, 1.54) is 48.5 Å². The van der Waals surface area contributed by atoms with Gasteiger partial charge in [-0.15, -0.1) is 0 Å². The minimum absolute atomic E-state index is 0.170. The first-order valence-electron chi connectivity index (χ1n) is 11.8. The molecule has 1 rings (SSSR count). The van der Waals surface area contributed by atoms with Crippen molar-refractivity contribution in [2.24, 2.45) is 10.8 Å². The lowest BCUT2D eigenvalue weighted by Crippen LogP contribution is -2.65. The lowest BCUT2D eigenvalue weighted by molar-refractivity contribution is -0.289. The predicted octanol–water partition coefficient (Wildman–Crippen LogP) is 3.45. The number of alkyl halides is 3. The Hall–Kier alpha value is -2.15. The third-order valence-corrected chi connectivity index (χ3v) is 5.59. The molecular formula is C24H34Cl3NO11. The number of halogens is 3. The maximum atomic E-state index is 13.0. The maximum absolute atomic E-state index is 13.0. The van der Waals surface area contributed by atoms with E-state index in [1.54, 1.807) is 0 Å². The van der Waals surface area contributed by atoms with Gasteiger partial charge in [0.25, 0.3) is 3.79 Å². The molecule has 15 heteroatoms. The van der Waals surface area contributed by atoms with Crippen molar-refractivity contribution >= 4 is 70.4 Å². The summed E-state index contributed by atoms with van der Waals surface area (Å²) in [5.74, 6) is -4.99. The van der Waals surface area contributed by atoms with Crippen LogP contribution < -0.4 is 0 Å². The molecule has 1 N–H and O–H groups in total. The molecule has 0 saturated carbocycles. The summed E-state index contributed by atoms with van der Waals surface area (Å²) >= 11 is 17.2. The second kappa shape index (κ2) is 13.5. The summed E-state index contributed by atoms with van der Waals surface area (Å²) in [5, 5.41) is 7.97. The van der Waals surface area contributed by atoms with Gasteiger partial charge in [-0.1, -0.05) is 34.8 Å². The highest BCUT2D eigenvalue weighted by molar-refractivity contribution is 6.76. The van der Waals surface area contributed by atoms with E-state index >= 15 is 0 Å². The molecule has 1 fully saturated rings. The molecule has 0 aromatic rings. The molecule has 1 saturated heterocycles. The van der Waals surface area contributed by atoms with Crippen LogP contribution in [0, 0.1) is 16.2 Å². The van der Waals surface area contributed by atoms with Gasteiger partial charge >= 0.3 is 23.9 Å².